The fraction of sp³-hybridized carbons (Fsp3) is 0.409. The number of likely N-dealkylation sites (tertiary alicyclic amines) is 1. The second-order valence-electron chi connectivity index (χ2n) is 7.23. The largest absolute Gasteiger partial charge is 0.495 e. The number of ether oxygens (including phenoxy) is 1. The van der Waals surface area contributed by atoms with Crippen molar-refractivity contribution < 1.29 is 9.53 Å². The third kappa shape index (κ3) is 5.40. The summed E-state index contributed by atoms with van der Waals surface area (Å²) in [6, 6.07) is 16.0. The molecule has 0 spiro atoms. The second-order valence-corrected chi connectivity index (χ2v) is 7.67. The monoisotopic (exact) mass is 401 g/mol. The summed E-state index contributed by atoms with van der Waals surface area (Å²) in [7, 11) is 3.73. The van der Waals surface area contributed by atoms with Gasteiger partial charge in [0.1, 0.15) is 5.75 Å². The number of carbonyl (C=O) groups excluding carboxylic acids is 1. The number of likely N-dealkylation sites (N-methyl/N-ethyl adjacent to an activating group) is 1. The third-order valence-corrected chi connectivity index (χ3v) is 5.54. The molecule has 0 bridgehead atoms. The van der Waals surface area contributed by atoms with Gasteiger partial charge in [-0.3, -0.25) is 0 Å². The van der Waals surface area contributed by atoms with E-state index in [-0.39, 0.29) is 6.03 Å². The first-order chi connectivity index (χ1) is 13.6. The van der Waals surface area contributed by atoms with E-state index in [9.17, 15) is 4.79 Å². The summed E-state index contributed by atoms with van der Waals surface area (Å²) in [5.41, 5.74) is 1.94. The standard InChI is InChI=1S/C22H28ClN3O2/c1-25(14-12-17-7-4-3-5-8-17)19-9-6-13-26(16-19)22(27)24-20-15-18(23)10-11-21(20)28-2/h3-5,7-8,10-11,15,19H,6,9,12-14,16H2,1-2H3,(H,24,27)/t19-/m1/s1. The van der Waals surface area contributed by atoms with Crippen molar-refractivity contribution in [1.82, 2.24) is 9.80 Å². The topological polar surface area (TPSA) is 44.8 Å². The van der Waals surface area contributed by atoms with Crippen molar-refractivity contribution in [2.24, 2.45) is 0 Å². The van der Waals surface area contributed by atoms with Gasteiger partial charge in [-0.05, 0) is 50.1 Å². The van der Waals surface area contributed by atoms with Gasteiger partial charge in [-0.2, -0.15) is 0 Å². The summed E-state index contributed by atoms with van der Waals surface area (Å²) in [4.78, 5) is 17.0. The van der Waals surface area contributed by atoms with Crippen LogP contribution in [0, 0.1) is 0 Å². The van der Waals surface area contributed by atoms with Crippen LogP contribution in [0.1, 0.15) is 18.4 Å². The van der Waals surface area contributed by atoms with E-state index in [0.29, 0.717) is 22.5 Å². The van der Waals surface area contributed by atoms with Crippen LogP contribution in [-0.2, 0) is 6.42 Å². The number of benzene rings is 2. The van der Waals surface area contributed by atoms with Gasteiger partial charge in [-0.1, -0.05) is 41.9 Å². The molecule has 1 saturated heterocycles. The van der Waals surface area contributed by atoms with E-state index in [1.54, 1.807) is 25.3 Å². The van der Waals surface area contributed by atoms with Crippen LogP contribution in [0.5, 0.6) is 5.75 Å². The number of piperidine rings is 1. The van der Waals surface area contributed by atoms with Gasteiger partial charge in [0.15, 0.2) is 0 Å². The van der Waals surface area contributed by atoms with Crippen molar-refractivity contribution >= 4 is 23.3 Å². The molecule has 0 aliphatic carbocycles. The van der Waals surface area contributed by atoms with Crippen molar-refractivity contribution in [1.29, 1.82) is 0 Å². The lowest BCUT2D eigenvalue weighted by atomic mass is 10.0. The Bertz CT molecular complexity index is 785. The minimum atomic E-state index is -0.110. The first-order valence-electron chi connectivity index (χ1n) is 9.70. The van der Waals surface area contributed by atoms with Crippen molar-refractivity contribution in [3.63, 3.8) is 0 Å². The zero-order valence-corrected chi connectivity index (χ0v) is 17.3. The zero-order valence-electron chi connectivity index (χ0n) is 16.5. The number of nitrogens with one attached hydrogen (secondary N) is 1. The lowest BCUT2D eigenvalue weighted by Crippen LogP contribution is -2.50. The molecule has 0 saturated carbocycles. The molecule has 28 heavy (non-hydrogen) atoms. The molecular weight excluding hydrogens is 374 g/mol. The van der Waals surface area contributed by atoms with Gasteiger partial charge in [0.05, 0.1) is 12.8 Å². The second kappa shape index (κ2) is 9.80. The summed E-state index contributed by atoms with van der Waals surface area (Å²) in [6.45, 7) is 2.46. The van der Waals surface area contributed by atoms with E-state index >= 15 is 0 Å². The quantitative estimate of drug-likeness (QED) is 0.774. The number of urea groups is 1. The zero-order chi connectivity index (χ0) is 19.9. The molecule has 6 heteroatoms. The Kier molecular flexibility index (Phi) is 7.18. The highest BCUT2D eigenvalue weighted by molar-refractivity contribution is 6.31. The Hall–Kier alpha value is -2.24. The number of hydrogen-bond acceptors (Lipinski definition) is 3. The molecule has 2 aromatic rings. The highest BCUT2D eigenvalue weighted by Gasteiger charge is 2.26. The van der Waals surface area contributed by atoms with Crippen molar-refractivity contribution in [2.75, 3.05) is 39.1 Å². The third-order valence-electron chi connectivity index (χ3n) is 5.31. The maximum Gasteiger partial charge on any atom is 0.322 e. The van der Waals surface area contributed by atoms with Gasteiger partial charge in [0, 0.05) is 30.7 Å². The number of hydrogen-bond donors (Lipinski definition) is 1. The van der Waals surface area contributed by atoms with E-state index in [4.69, 9.17) is 16.3 Å². The minimum absolute atomic E-state index is 0.110. The molecule has 0 unspecified atom stereocenters. The predicted molar refractivity (Wildman–Crippen MR) is 114 cm³/mol. The van der Waals surface area contributed by atoms with Crippen LogP contribution in [0.15, 0.2) is 48.5 Å². The number of halogens is 1. The molecule has 1 atom stereocenters. The Morgan fingerprint density at radius 1 is 1.29 bits per heavy atom. The normalized spacial score (nSPS) is 16.9. The Morgan fingerprint density at radius 3 is 2.82 bits per heavy atom. The Balaban J connectivity index is 1.56. The van der Waals surface area contributed by atoms with Crippen LogP contribution in [0.4, 0.5) is 10.5 Å². The maximum absolute atomic E-state index is 12.8. The number of anilines is 1. The molecule has 1 aliphatic heterocycles. The molecule has 1 aliphatic rings. The smallest absolute Gasteiger partial charge is 0.322 e. The van der Waals surface area contributed by atoms with Crippen LogP contribution in [0.3, 0.4) is 0 Å². The van der Waals surface area contributed by atoms with E-state index in [1.165, 1.54) is 5.56 Å². The maximum atomic E-state index is 12.8. The van der Waals surface area contributed by atoms with E-state index in [1.807, 2.05) is 11.0 Å². The lowest BCUT2D eigenvalue weighted by molar-refractivity contribution is 0.133. The molecule has 3 rings (SSSR count). The first kappa shape index (κ1) is 20.5. The highest BCUT2D eigenvalue weighted by Crippen LogP contribution is 2.28. The first-order valence-corrected chi connectivity index (χ1v) is 10.1. The average Bonchev–Trinajstić information content (AvgIpc) is 2.73. The van der Waals surface area contributed by atoms with Crippen LogP contribution in [0.2, 0.25) is 5.02 Å². The number of amides is 2. The number of methoxy groups -OCH3 is 1. The van der Waals surface area contributed by atoms with Gasteiger partial charge >= 0.3 is 6.03 Å². The van der Waals surface area contributed by atoms with Crippen LogP contribution < -0.4 is 10.1 Å². The average molecular weight is 402 g/mol. The summed E-state index contributed by atoms with van der Waals surface area (Å²) >= 11 is 6.07. The van der Waals surface area contributed by atoms with Crippen LogP contribution in [0.25, 0.3) is 0 Å². The van der Waals surface area contributed by atoms with Gasteiger partial charge in [-0.25, -0.2) is 4.79 Å². The summed E-state index contributed by atoms with van der Waals surface area (Å²) in [5.74, 6) is 0.603. The van der Waals surface area contributed by atoms with E-state index < -0.39 is 0 Å². The Morgan fingerprint density at radius 2 is 2.07 bits per heavy atom. The SMILES string of the molecule is COc1ccc(Cl)cc1NC(=O)N1CCC[C@@H](N(C)CCc2ccccc2)C1. The number of nitrogens with zero attached hydrogens (tertiary/aromatic N) is 2. The van der Waals surface area contributed by atoms with E-state index in [0.717, 1.165) is 38.9 Å². The number of rotatable bonds is 6. The van der Waals surface area contributed by atoms with Crippen LogP contribution in [-0.4, -0.2) is 55.7 Å². The molecule has 150 valence electrons. The van der Waals surface area contributed by atoms with E-state index in [2.05, 4.69) is 41.5 Å². The molecule has 1 N–H and O–H groups in total. The highest BCUT2D eigenvalue weighted by atomic mass is 35.5. The molecule has 0 radical (unpaired) electrons. The molecule has 2 aromatic carbocycles. The predicted octanol–water partition coefficient (Wildman–Crippen LogP) is 4.52. The van der Waals surface area contributed by atoms with Gasteiger partial charge in [-0.15, -0.1) is 0 Å². The molecule has 1 fully saturated rings. The molecular formula is C22H28ClN3O2. The summed E-state index contributed by atoms with van der Waals surface area (Å²) in [5, 5.41) is 3.51. The van der Waals surface area contributed by atoms with Gasteiger partial charge in [0.25, 0.3) is 0 Å². The minimum Gasteiger partial charge on any atom is -0.495 e. The van der Waals surface area contributed by atoms with Crippen molar-refractivity contribution in [3.05, 3.63) is 59.1 Å². The fourth-order valence-electron chi connectivity index (χ4n) is 3.60. The summed E-state index contributed by atoms with van der Waals surface area (Å²) < 4.78 is 5.32. The van der Waals surface area contributed by atoms with Crippen molar-refractivity contribution in [2.45, 2.75) is 25.3 Å². The lowest BCUT2D eigenvalue weighted by Gasteiger charge is -2.37. The van der Waals surface area contributed by atoms with Gasteiger partial charge in [0.2, 0.25) is 0 Å². The molecule has 0 aromatic heterocycles. The number of carbonyl (C=O) groups is 1. The molecule has 2 amide bonds. The van der Waals surface area contributed by atoms with Crippen molar-refractivity contribution in [3.8, 4) is 5.75 Å². The van der Waals surface area contributed by atoms with Crippen LogP contribution >= 0.6 is 11.6 Å². The Labute approximate surface area is 172 Å². The van der Waals surface area contributed by atoms with Gasteiger partial charge < -0.3 is 19.9 Å². The molecule has 5 nitrogen and oxygen atoms in total. The fourth-order valence-corrected chi connectivity index (χ4v) is 3.78. The summed E-state index contributed by atoms with van der Waals surface area (Å²) in [6.07, 6.45) is 3.12. The molecule has 1 heterocycles.